The second kappa shape index (κ2) is 3.49. The molecule has 1 aromatic rings. The van der Waals surface area contributed by atoms with Crippen molar-refractivity contribution in [3.8, 4) is 6.07 Å². The largest absolute Gasteiger partial charge is 0.231 e. The summed E-state index contributed by atoms with van der Waals surface area (Å²) in [6.07, 6.45) is 0.970. The Morgan fingerprint density at radius 3 is 2.91 bits per heavy atom. The Morgan fingerprint density at radius 2 is 2.45 bits per heavy atom. The van der Waals surface area contributed by atoms with E-state index >= 15 is 0 Å². The molecule has 0 amide bonds. The van der Waals surface area contributed by atoms with Gasteiger partial charge in [-0.05, 0) is 12.3 Å². The third-order valence-electron chi connectivity index (χ3n) is 1.26. The van der Waals surface area contributed by atoms with E-state index in [1.54, 1.807) is 0 Å². The van der Waals surface area contributed by atoms with Gasteiger partial charge in [-0.3, -0.25) is 0 Å². The summed E-state index contributed by atoms with van der Waals surface area (Å²) in [6.45, 7) is 4.29. The monoisotopic (exact) mass is 166 g/mol. The molecule has 0 fully saturated rings. The van der Waals surface area contributed by atoms with Crippen LogP contribution < -0.4 is 0 Å². The van der Waals surface area contributed by atoms with E-state index in [1.165, 1.54) is 11.3 Å². The fraction of sp³-hybridized carbons (Fsp3) is 0.500. The third kappa shape index (κ3) is 2.32. The number of nitrogens with zero attached hydrogens (tertiary/aromatic N) is 2. The van der Waals surface area contributed by atoms with Crippen molar-refractivity contribution in [2.24, 2.45) is 5.92 Å². The molecule has 2 nitrogen and oxygen atoms in total. The summed E-state index contributed by atoms with van der Waals surface area (Å²) in [4.78, 5) is 4.13. The fourth-order valence-electron chi connectivity index (χ4n) is 0.870. The lowest BCUT2D eigenvalue weighted by atomic mass is 10.1. The highest BCUT2D eigenvalue weighted by Gasteiger charge is 2.02. The molecule has 0 atom stereocenters. The summed E-state index contributed by atoms with van der Waals surface area (Å²) in [5, 5.41) is 11.0. The van der Waals surface area contributed by atoms with Gasteiger partial charge in [0.15, 0.2) is 5.01 Å². The lowest BCUT2D eigenvalue weighted by Gasteiger charge is -1.97. The first kappa shape index (κ1) is 8.22. The predicted molar refractivity (Wildman–Crippen MR) is 45.4 cm³/mol. The van der Waals surface area contributed by atoms with Crippen LogP contribution in [0.4, 0.5) is 0 Å². The van der Waals surface area contributed by atoms with E-state index in [0.717, 1.165) is 12.1 Å². The van der Waals surface area contributed by atoms with Crippen LogP contribution in [0.3, 0.4) is 0 Å². The van der Waals surface area contributed by atoms with E-state index in [1.807, 2.05) is 11.4 Å². The van der Waals surface area contributed by atoms with Gasteiger partial charge in [-0.15, -0.1) is 11.3 Å². The molecule has 1 heterocycles. The highest BCUT2D eigenvalue weighted by atomic mass is 32.1. The number of thiazole rings is 1. The summed E-state index contributed by atoms with van der Waals surface area (Å²) < 4.78 is 0. The maximum atomic E-state index is 8.48. The van der Waals surface area contributed by atoms with Crippen LogP contribution in [0.25, 0.3) is 0 Å². The first-order valence-corrected chi connectivity index (χ1v) is 4.45. The van der Waals surface area contributed by atoms with Crippen molar-refractivity contribution in [2.75, 3.05) is 0 Å². The third-order valence-corrected chi connectivity index (χ3v) is 2.06. The minimum atomic E-state index is 0.570. The summed E-state index contributed by atoms with van der Waals surface area (Å²) in [5.74, 6) is 0.614. The Bertz CT molecular complexity index is 270. The van der Waals surface area contributed by atoms with Gasteiger partial charge in [-0.1, -0.05) is 13.8 Å². The van der Waals surface area contributed by atoms with E-state index in [2.05, 4.69) is 18.8 Å². The lowest BCUT2D eigenvalue weighted by Crippen LogP contribution is -1.93. The molecule has 1 rings (SSSR count). The van der Waals surface area contributed by atoms with Gasteiger partial charge in [0.25, 0.3) is 0 Å². The average Bonchev–Trinajstić information content (AvgIpc) is 2.34. The Hall–Kier alpha value is -0.880. The molecule has 0 unspecified atom stereocenters. The van der Waals surface area contributed by atoms with Gasteiger partial charge in [-0.2, -0.15) is 5.26 Å². The molecule has 0 aliphatic rings. The molecule has 0 saturated heterocycles. The highest BCUT2D eigenvalue weighted by molar-refractivity contribution is 7.10. The lowest BCUT2D eigenvalue weighted by molar-refractivity contribution is 0.637. The molecule has 0 aromatic carbocycles. The van der Waals surface area contributed by atoms with Gasteiger partial charge in [0.2, 0.25) is 0 Å². The molecule has 0 aliphatic carbocycles. The van der Waals surface area contributed by atoms with E-state index in [-0.39, 0.29) is 0 Å². The van der Waals surface area contributed by atoms with Gasteiger partial charge in [-0.25, -0.2) is 4.98 Å². The molecule has 1 aromatic heterocycles. The van der Waals surface area contributed by atoms with E-state index in [4.69, 9.17) is 5.26 Å². The van der Waals surface area contributed by atoms with Gasteiger partial charge in [0.05, 0.1) is 5.69 Å². The Kier molecular flexibility index (Phi) is 2.61. The molecule has 0 bridgehead atoms. The summed E-state index contributed by atoms with van der Waals surface area (Å²) in [6, 6.07) is 2.03. The molecule has 0 N–H and O–H groups in total. The number of hydrogen-bond acceptors (Lipinski definition) is 3. The smallest absolute Gasteiger partial charge is 0.194 e. The Labute approximate surface area is 70.5 Å². The van der Waals surface area contributed by atoms with Crippen LogP contribution in [-0.4, -0.2) is 4.98 Å². The molecule has 0 radical (unpaired) electrons. The molecule has 0 aliphatic heterocycles. The van der Waals surface area contributed by atoms with Gasteiger partial charge >= 0.3 is 0 Å². The zero-order chi connectivity index (χ0) is 8.27. The average molecular weight is 166 g/mol. The molecular formula is C8H10N2S. The van der Waals surface area contributed by atoms with Gasteiger partial charge in [0.1, 0.15) is 6.07 Å². The molecule has 0 spiro atoms. The van der Waals surface area contributed by atoms with Crippen LogP contribution in [0.2, 0.25) is 0 Å². The standard InChI is InChI=1S/C8H10N2S/c1-6(2)3-7-5-11-8(4-9)10-7/h5-6H,3H2,1-2H3. The normalized spacial score (nSPS) is 10.0. The number of aromatic nitrogens is 1. The topological polar surface area (TPSA) is 36.7 Å². The SMILES string of the molecule is CC(C)Cc1csc(C#N)n1. The van der Waals surface area contributed by atoms with E-state index < -0.39 is 0 Å². The molecule has 58 valence electrons. The molecule has 0 saturated carbocycles. The van der Waals surface area contributed by atoms with Crippen LogP contribution in [0, 0.1) is 17.2 Å². The van der Waals surface area contributed by atoms with E-state index in [9.17, 15) is 0 Å². The quantitative estimate of drug-likeness (QED) is 0.675. The minimum Gasteiger partial charge on any atom is -0.231 e. The molecule has 11 heavy (non-hydrogen) atoms. The highest BCUT2D eigenvalue weighted by Crippen LogP contribution is 2.11. The Balaban J connectivity index is 2.67. The van der Waals surface area contributed by atoms with Crippen LogP contribution >= 0.6 is 11.3 Å². The second-order valence-electron chi connectivity index (χ2n) is 2.85. The second-order valence-corrected chi connectivity index (χ2v) is 3.71. The van der Waals surface area contributed by atoms with Crippen LogP contribution in [-0.2, 0) is 6.42 Å². The summed E-state index contributed by atoms with van der Waals surface area (Å²) in [7, 11) is 0. The number of hydrogen-bond donors (Lipinski definition) is 0. The molecular weight excluding hydrogens is 156 g/mol. The van der Waals surface area contributed by atoms with Crippen molar-refractivity contribution in [3.63, 3.8) is 0 Å². The van der Waals surface area contributed by atoms with Crippen LogP contribution in [0.1, 0.15) is 24.5 Å². The van der Waals surface area contributed by atoms with Crippen molar-refractivity contribution >= 4 is 11.3 Å². The minimum absolute atomic E-state index is 0.570. The Morgan fingerprint density at radius 1 is 1.73 bits per heavy atom. The summed E-state index contributed by atoms with van der Waals surface area (Å²) >= 11 is 1.42. The summed E-state index contributed by atoms with van der Waals surface area (Å²) in [5.41, 5.74) is 1.04. The maximum Gasteiger partial charge on any atom is 0.194 e. The van der Waals surface area contributed by atoms with Gasteiger partial charge in [0, 0.05) is 5.38 Å². The first-order chi connectivity index (χ1) is 5.22. The van der Waals surface area contributed by atoms with Crippen molar-refractivity contribution < 1.29 is 0 Å². The zero-order valence-corrected chi connectivity index (χ0v) is 7.48. The first-order valence-electron chi connectivity index (χ1n) is 3.57. The number of rotatable bonds is 2. The van der Waals surface area contributed by atoms with Crippen LogP contribution in [0.15, 0.2) is 5.38 Å². The number of nitriles is 1. The van der Waals surface area contributed by atoms with Crippen molar-refractivity contribution in [3.05, 3.63) is 16.1 Å². The molecule has 3 heteroatoms. The zero-order valence-electron chi connectivity index (χ0n) is 6.66. The van der Waals surface area contributed by atoms with E-state index in [0.29, 0.717) is 10.9 Å². The van der Waals surface area contributed by atoms with Gasteiger partial charge < -0.3 is 0 Å². The van der Waals surface area contributed by atoms with Crippen molar-refractivity contribution in [1.82, 2.24) is 4.98 Å². The van der Waals surface area contributed by atoms with Crippen molar-refractivity contribution in [2.45, 2.75) is 20.3 Å². The predicted octanol–water partition coefficient (Wildman–Crippen LogP) is 2.21. The van der Waals surface area contributed by atoms with Crippen LogP contribution in [0.5, 0.6) is 0 Å². The maximum absolute atomic E-state index is 8.48. The van der Waals surface area contributed by atoms with Crippen molar-refractivity contribution in [1.29, 1.82) is 5.26 Å². The fourth-order valence-corrected chi connectivity index (χ4v) is 1.49.